The van der Waals surface area contributed by atoms with Gasteiger partial charge in [-0.05, 0) is 13.8 Å². The molecule has 7 nitrogen and oxygen atoms in total. The molecule has 0 aromatic carbocycles. The smallest absolute Gasteiger partial charge is 0.239 e. The summed E-state index contributed by atoms with van der Waals surface area (Å²) in [6.45, 7) is 4.22. The first-order valence-corrected chi connectivity index (χ1v) is 6.02. The van der Waals surface area contributed by atoms with Gasteiger partial charge in [-0.25, -0.2) is 9.97 Å². The van der Waals surface area contributed by atoms with Gasteiger partial charge in [-0.1, -0.05) is 0 Å². The molecule has 0 bridgehead atoms. The molecule has 0 saturated heterocycles. The van der Waals surface area contributed by atoms with Crippen LogP contribution in [0.5, 0.6) is 5.75 Å². The average molecular weight is 268 g/mol. The molecule has 0 spiro atoms. The highest BCUT2D eigenvalue weighted by molar-refractivity contribution is 5.82. The highest BCUT2D eigenvalue weighted by atomic mass is 16.5. The number of amides is 1. The first-order chi connectivity index (χ1) is 9.04. The first-order valence-electron chi connectivity index (χ1n) is 6.02. The van der Waals surface area contributed by atoms with Crippen molar-refractivity contribution in [2.24, 2.45) is 5.73 Å². The minimum Gasteiger partial charge on any atom is -0.489 e. The summed E-state index contributed by atoms with van der Waals surface area (Å²) in [5.74, 6) is 0.979. The Balaban J connectivity index is 2.23. The number of nitrogens with two attached hydrogens (primary N) is 1. The van der Waals surface area contributed by atoms with Crippen molar-refractivity contribution in [2.75, 3.05) is 20.3 Å². The molecule has 2 atom stereocenters. The number of ether oxygens (including phenoxy) is 2. The Labute approximate surface area is 112 Å². The topological polar surface area (TPSA) is 99.4 Å². The van der Waals surface area contributed by atoms with Gasteiger partial charge in [0.25, 0.3) is 0 Å². The van der Waals surface area contributed by atoms with Crippen LogP contribution in [0, 0.1) is 6.92 Å². The fourth-order valence-corrected chi connectivity index (χ4v) is 1.28. The number of carbonyl (C=O) groups is 1. The van der Waals surface area contributed by atoms with Crippen molar-refractivity contribution in [2.45, 2.75) is 26.0 Å². The maximum atomic E-state index is 11.6. The van der Waals surface area contributed by atoms with Crippen LogP contribution in [-0.4, -0.2) is 48.3 Å². The molecule has 0 fully saturated rings. The maximum Gasteiger partial charge on any atom is 0.239 e. The van der Waals surface area contributed by atoms with Crippen LogP contribution in [-0.2, 0) is 9.53 Å². The Bertz CT molecular complexity index is 396. The molecule has 1 heterocycles. The van der Waals surface area contributed by atoms with Crippen LogP contribution in [0.1, 0.15) is 12.7 Å². The molecule has 0 saturated carbocycles. The van der Waals surface area contributed by atoms with E-state index < -0.39 is 6.04 Å². The Morgan fingerprint density at radius 1 is 1.47 bits per heavy atom. The summed E-state index contributed by atoms with van der Waals surface area (Å²) in [4.78, 5) is 19.6. The molecular formula is C12H20N4O3. The van der Waals surface area contributed by atoms with Gasteiger partial charge in [0, 0.05) is 7.11 Å². The molecule has 19 heavy (non-hydrogen) atoms. The third-order valence-corrected chi connectivity index (χ3v) is 2.61. The minimum atomic E-state index is -0.687. The fourth-order valence-electron chi connectivity index (χ4n) is 1.28. The van der Waals surface area contributed by atoms with Crippen molar-refractivity contribution in [1.29, 1.82) is 0 Å². The number of nitrogens with one attached hydrogen (secondary N) is 1. The van der Waals surface area contributed by atoms with Gasteiger partial charge in [0.15, 0.2) is 5.75 Å². The molecule has 7 heteroatoms. The van der Waals surface area contributed by atoms with E-state index in [9.17, 15) is 4.79 Å². The molecule has 0 aliphatic carbocycles. The maximum absolute atomic E-state index is 11.6. The normalized spacial score (nSPS) is 13.7. The number of aryl methyl sites for hydroxylation is 1. The predicted molar refractivity (Wildman–Crippen MR) is 69.7 cm³/mol. The second-order valence-corrected chi connectivity index (χ2v) is 4.07. The largest absolute Gasteiger partial charge is 0.489 e. The Morgan fingerprint density at radius 3 is 2.68 bits per heavy atom. The number of methoxy groups -OCH3 is 1. The van der Waals surface area contributed by atoms with Gasteiger partial charge in [0.05, 0.1) is 25.0 Å². The van der Waals surface area contributed by atoms with Gasteiger partial charge in [0.2, 0.25) is 5.91 Å². The second-order valence-electron chi connectivity index (χ2n) is 4.07. The van der Waals surface area contributed by atoms with Gasteiger partial charge >= 0.3 is 0 Å². The molecule has 1 aromatic rings. The zero-order valence-electron chi connectivity index (χ0n) is 11.4. The standard InChI is InChI=1S/C12H20N4O3/c1-8(18-3)11(13)12(17)14-4-5-19-10-6-15-9(2)16-7-10/h6-8,11H,4-5,13H2,1-3H3,(H,14,17)/t8-,11-/m0/s1. The number of hydrogen-bond acceptors (Lipinski definition) is 6. The van der Waals surface area contributed by atoms with Crippen molar-refractivity contribution in [3.63, 3.8) is 0 Å². The van der Waals surface area contributed by atoms with E-state index >= 15 is 0 Å². The van der Waals surface area contributed by atoms with E-state index in [0.717, 1.165) is 0 Å². The van der Waals surface area contributed by atoms with Gasteiger partial charge < -0.3 is 20.5 Å². The average Bonchev–Trinajstić information content (AvgIpc) is 2.43. The third kappa shape index (κ3) is 5.19. The van der Waals surface area contributed by atoms with E-state index in [4.69, 9.17) is 15.2 Å². The first kappa shape index (κ1) is 15.3. The number of hydrogen-bond donors (Lipinski definition) is 2. The van der Waals surface area contributed by atoms with Crippen molar-refractivity contribution in [3.05, 3.63) is 18.2 Å². The van der Waals surface area contributed by atoms with E-state index in [2.05, 4.69) is 15.3 Å². The molecule has 0 unspecified atom stereocenters. The SMILES string of the molecule is CO[C@@H](C)[C@H](N)C(=O)NCCOc1cnc(C)nc1. The monoisotopic (exact) mass is 268 g/mol. The van der Waals surface area contributed by atoms with E-state index in [-0.39, 0.29) is 12.0 Å². The zero-order valence-corrected chi connectivity index (χ0v) is 11.4. The number of carbonyl (C=O) groups excluding carboxylic acids is 1. The Kier molecular flexibility index (Phi) is 6.17. The number of nitrogens with zero attached hydrogens (tertiary/aromatic N) is 2. The summed E-state index contributed by atoms with van der Waals surface area (Å²) in [7, 11) is 1.51. The lowest BCUT2D eigenvalue weighted by molar-refractivity contribution is -0.125. The van der Waals surface area contributed by atoms with E-state index in [1.165, 1.54) is 7.11 Å². The highest BCUT2D eigenvalue weighted by Gasteiger charge is 2.19. The van der Waals surface area contributed by atoms with E-state index in [0.29, 0.717) is 24.7 Å². The molecule has 1 amide bonds. The molecule has 0 aliphatic rings. The summed E-state index contributed by atoms with van der Waals surface area (Å²) in [5.41, 5.74) is 5.68. The summed E-state index contributed by atoms with van der Waals surface area (Å²) < 4.78 is 10.4. The van der Waals surface area contributed by atoms with Crippen LogP contribution >= 0.6 is 0 Å². The van der Waals surface area contributed by atoms with Gasteiger partial charge in [-0.2, -0.15) is 0 Å². The molecule has 0 radical (unpaired) electrons. The van der Waals surface area contributed by atoms with Gasteiger partial charge in [-0.15, -0.1) is 0 Å². The summed E-state index contributed by atoms with van der Waals surface area (Å²) >= 11 is 0. The predicted octanol–water partition coefficient (Wildman–Crippen LogP) is -0.358. The zero-order chi connectivity index (χ0) is 14.3. The molecule has 3 N–H and O–H groups in total. The van der Waals surface area contributed by atoms with Gasteiger partial charge in [0.1, 0.15) is 18.5 Å². The molecule has 106 valence electrons. The lowest BCUT2D eigenvalue weighted by Crippen LogP contribution is -2.48. The van der Waals surface area contributed by atoms with Crippen molar-refractivity contribution < 1.29 is 14.3 Å². The van der Waals surface area contributed by atoms with Crippen molar-refractivity contribution >= 4 is 5.91 Å². The van der Waals surface area contributed by atoms with Crippen molar-refractivity contribution in [1.82, 2.24) is 15.3 Å². The third-order valence-electron chi connectivity index (χ3n) is 2.61. The summed E-state index contributed by atoms with van der Waals surface area (Å²) in [5, 5.41) is 2.67. The molecule has 1 aromatic heterocycles. The van der Waals surface area contributed by atoms with Crippen LogP contribution in [0.3, 0.4) is 0 Å². The van der Waals surface area contributed by atoms with E-state index in [1.54, 1.807) is 26.2 Å². The van der Waals surface area contributed by atoms with Crippen LogP contribution < -0.4 is 15.8 Å². The van der Waals surface area contributed by atoms with Crippen LogP contribution in [0.25, 0.3) is 0 Å². The number of aromatic nitrogens is 2. The Morgan fingerprint density at radius 2 is 2.11 bits per heavy atom. The highest BCUT2D eigenvalue weighted by Crippen LogP contribution is 2.04. The quantitative estimate of drug-likeness (QED) is 0.655. The Hall–Kier alpha value is -1.73. The molecule has 0 aliphatic heterocycles. The molecular weight excluding hydrogens is 248 g/mol. The molecule has 1 rings (SSSR count). The van der Waals surface area contributed by atoms with Crippen LogP contribution in [0.15, 0.2) is 12.4 Å². The van der Waals surface area contributed by atoms with Crippen molar-refractivity contribution in [3.8, 4) is 5.75 Å². The van der Waals surface area contributed by atoms with E-state index in [1.807, 2.05) is 0 Å². The fraction of sp³-hybridized carbons (Fsp3) is 0.583. The van der Waals surface area contributed by atoms with Gasteiger partial charge in [-0.3, -0.25) is 4.79 Å². The second kappa shape index (κ2) is 7.65. The lowest BCUT2D eigenvalue weighted by Gasteiger charge is -2.17. The summed E-state index contributed by atoms with van der Waals surface area (Å²) in [6, 6.07) is -0.687. The minimum absolute atomic E-state index is 0.266. The summed E-state index contributed by atoms with van der Waals surface area (Å²) in [6.07, 6.45) is 2.85. The number of rotatable bonds is 7. The van der Waals surface area contributed by atoms with Crippen LogP contribution in [0.2, 0.25) is 0 Å². The van der Waals surface area contributed by atoms with Crippen LogP contribution in [0.4, 0.5) is 0 Å². The lowest BCUT2D eigenvalue weighted by atomic mass is 10.2.